The first-order valence-electron chi connectivity index (χ1n) is 18.2. The molecule has 2 aromatic heterocycles. The highest BCUT2D eigenvalue weighted by atomic mass is 32.1. The second-order valence-electron chi connectivity index (χ2n) is 16.3. The molecule has 6 aromatic rings. The molecule has 4 aromatic carbocycles. The second kappa shape index (κ2) is 11.4. The van der Waals surface area contributed by atoms with E-state index >= 15 is 0 Å². The maximum Gasteiger partial charge on any atom is 0.135 e. The van der Waals surface area contributed by atoms with Crippen molar-refractivity contribution < 1.29 is 10.2 Å². The molecule has 9 rings (SSSR count). The van der Waals surface area contributed by atoms with E-state index < -0.39 is 6.17 Å². The third-order valence-corrected chi connectivity index (χ3v) is 12.0. The molecule has 10 bridgehead atoms. The number of aliphatic hydroxyl groups excluding tert-OH is 1. The van der Waals surface area contributed by atoms with Crippen LogP contribution in [0.15, 0.2) is 96.3 Å². The number of phenols is 1. The molecule has 0 saturated carbocycles. The van der Waals surface area contributed by atoms with Crippen LogP contribution in [0.3, 0.4) is 0 Å². The van der Waals surface area contributed by atoms with Crippen LogP contribution in [-0.2, 0) is 10.8 Å². The number of hydrogen-bond acceptors (Lipinski definition) is 8. The average Bonchev–Trinajstić information content (AvgIpc) is 3.75. The summed E-state index contributed by atoms with van der Waals surface area (Å²) in [6.07, 6.45) is 7.38. The Kier molecular flexibility index (Phi) is 7.18. The monoisotopic (exact) mass is 717 g/mol. The normalized spacial score (nSPS) is 20.0. The Morgan fingerprint density at radius 1 is 0.792 bits per heavy atom. The van der Waals surface area contributed by atoms with Crippen molar-refractivity contribution in [3.05, 3.63) is 113 Å². The first-order valence-corrected chi connectivity index (χ1v) is 19.0. The van der Waals surface area contributed by atoms with Gasteiger partial charge in [0.25, 0.3) is 0 Å². The van der Waals surface area contributed by atoms with Crippen LogP contribution in [0.25, 0.3) is 59.8 Å². The van der Waals surface area contributed by atoms with Crippen molar-refractivity contribution in [3.8, 4) is 27.6 Å². The number of allylic oxidation sites excluding steroid dienone is 1. The lowest BCUT2D eigenvalue weighted by Gasteiger charge is -2.27. The number of nitrogens with zero attached hydrogens (tertiary/aromatic N) is 2. The van der Waals surface area contributed by atoms with E-state index in [1.807, 2.05) is 43.3 Å². The fourth-order valence-electron chi connectivity index (χ4n) is 8.14. The van der Waals surface area contributed by atoms with E-state index in [1.165, 1.54) is 5.56 Å². The molecule has 5 heterocycles. The number of benzene rings is 4. The van der Waals surface area contributed by atoms with Crippen molar-refractivity contribution in [2.45, 2.75) is 71.5 Å². The lowest BCUT2D eigenvalue weighted by atomic mass is 9.81. The van der Waals surface area contributed by atoms with Crippen LogP contribution < -0.4 is 16.0 Å². The molecule has 53 heavy (non-hydrogen) atoms. The molecule has 266 valence electrons. The van der Waals surface area contributed by atoms with Gasteiger partial charge in [0.1, 0.15) is 22.7 Å². The van der Waals surface area contributed by atoms with Crippen LogP contribution in [0.4, 0.5) is 17.1 Å². The number of thiazole rings is 1. The van der Waals surface area contributed by atoms with E-state index in [9.17, 15) is 10.2 Å². The highest BCUT2D eigenvalue weighted by molar-refractivity contribution is 7.22. The summed E-state index contributed by atoms with van der Waals surface area (Å²) in [6.45, 7) is 19.5. The number of rotatable bonds is 1. The zero-order valence-corrected chi connectivity index (χ0v) is 31.9. The van der Waals surface area contributed by atoms with Crippen molar-refractivity contribution in [3.63, 3.8) is 0 Å². The predicted octanol–water partition coefficient (Wildman–Crippen LogP) is 11.6. The SMILES string of the molecule is C=C/C1=C(O)\C(=C/C)C2C=Cc3ccc4ccc(nc4c3N2)-c2cccc(c2O)-c2nc3c(s2)c(C(C)(C)C)cc2cc(C(C)(C)C)c4c(c23)NC1N4. The fourth-order valence-corrected chi connectivity index (χ4v) is 9.46. The van der Waals surface area contributed by atoms with Gasteiger partial charge in [0.05, 0.1) is 50.1 Å². The van der Waals surface area contributed by atoms with Crippen molar-refractivity contribution in [1.82, 2.24) is 9.97 Å². The van der Waals surface area contributed by atoms with Crippen molar-refractivity contribution >= 4 is 66.4 Å². The molecule has 0 amide bonds. The summed E-state index contributed by atoms with van der Waals surface area (Å²) in [4.78, 5) is 10.6. The van der Waals surface area contributed by atoms with Crippen molar-refractivity contribution in [2.75, 3.05) is 16.0 Å². The Morgan fingerprint density at radius 2 is 1.51 bits per heavy atom. The van der Waals surface area contributed by atoms with Gasteiger partial charge in [-0.3, -0.25) is 0 Å². The highest BCUT2D eigenvalue weighted by Gasteiger charge is 2.35. The zero-order chi connectivity index (χ0) is 37.1. The smallest absolute Gasteiger partial charge is 0.135 e. The van der Waals surface area contributed by atoms with Crippen molar-refractivity contribution in [2.24, 2.45) is 0 Å². The molecule has 2 atom stereocenters. The van der Waals surface area contributed by atoms with E-state index in [-0.39, 0.29) is 28.4 Å². The number of para-hydroxylation sites is 1. The molecule has 7 nitrogen and oxygen atoms in total. The Morgan fingerprint density at radius 3 is 2.25 bits per heavy atom. The Labute approximate surface area is 313 Å². The van der Waals surface area contributed by atoms with E-state index in [0.717, 1.165) is 70.7 Å². The summed E-state index contributed by atoms with van der Waals surface area (Å²) in [5, 5.41) is 39.3. The number of anilines is 3. The van der Waals surface area contributed by atoms with Gasteiger partial charge >= 0.3 is 0 Å². The van der Waals surface area contributed by atoms with E-state index in [0.29, 0.717) is 22.4 Å². The Balaban J connectivity index is 1.41. The minimum Gasteiger partial charge on any atom is -0.507 e. The molecular weight excluding hydrogens is 675 g/mol. The van der Waals surface area contributed by atoms with Gasteiger partial charge in [-0.25, -0.2) is 9.97 Å². The summed E-state index contributed by atoms with van der Waals surface area (Å²) >= 11 is 1.61. The Bertz CT molecular complexity index is 2680. The third-order valence-electron chi connectivity index (χ3n) is 10.9. The largest absolute Gasteiger partial charge is 0.507 e. The first-order chi connectivity index (χ1) is 25.3. The summed E-state index contributed by atoms with van der Waals surface area (Å²) in [6, 6.07) is 18.3. The van der Waals surface area contributed by atoms with Gasteiger partial charge < -0.3 is 26.2 Å². The number of aromatic nitrogens is 2. The van der Waals surface area contributed by atoms with Crippen molar-refractivity contribution in [1.29, 1.82) is 0 Å². The number of fused-ring (bicyclic) bond motifs is 8. The lowest BCUT2D eigenvalue weighted by molar-refractivity contribution is 0.411. The molecule has 0 saturated heterocycles. The topological polar surface area (TPSA) is 102 Å². The summed E-state index contributed by atoms with van der Waals surface area (Å²) in [5.41, 5.74) is 10.8. The number of pyridine rings is 1. The van der Waals surface area contributed by atoms with Crippen LogP contribution in [0.1, 0.15) is 65.2 Å². The summed E-state index contributed by atoms with van der Waals surface area (Å²) < 4.78 is 1.08. The van der Waals surface area contributed by atoms with Crippen LogP contribution >= 0.6 is 11.3 Å². The van der Waals surface area contributed by atoms with E-state index in [1.54, 1.807) is 17.4 Å². The standard InChI is InChI=1S/C45H43N5O2S/c1-9-25-31-18-16-22-14-15-23-17-19-32(47-35(23)34(22)46-31)27-12-11-13-28(40(27)52)43-50-38-33-24(21-30(41(38)53-43)45(6,7)8)20-29(44(3,4)5)36-37(33)49-42(48-36)26(10-2)39(25)51/h9-21,31,42,46,48-49,51-52H,2H2,1,3-8H3/b25-9-,39-26-. The van der Waals surface area contributed by atoms with Gasteiger partial charge in [0.2, 0.25) is 0 Å². The van der Waals surface area contributed by atoms with Gasteiger partial charge in [-0.2, -0.15) is 0 Å². The lowest BCUT2D eigenvalue weighted by Crippen LogP contribution is -2.29. The van der Waals surface area contributed by atoms with Gasteiger partial charge in [-0.05, 0) is 70.2 Å². The molecule has 5 N–H and O–H groups in total. The maximum absolute atomic E-state index is 12.2. The summed E-state index contributed by atoms with van der Waals surface area (Å²) in [7, 11) is 0. The highest BCUT2D eigenvalue weighted by Crippen LogP contribution is 2.51. The van der Waals surface area contributed by atoms with Gasteiger partial charge in [0, 0.05) is 27.5 Å². The predicted molar refractivity (Wildman–Crippen MR) is 223 cm³/mol. The fraction of sp³-hybridized carbons (Fsp3) is 0.244. The number of nitrogens with one attached hydrogen (secondary N) is 3. The molecule has 0 aliphatic carbocycles. The number of aromatic hydroxyl groups is 1. The molecule has 3 aliphatic heterocycles. The zero-order valence-electron chi connectivity index (χ0n) is 31.1. The number of phenolic OH excluding ortho intramolecular Hbond substituents is 1. The minimum atomic E-state index is -0.465. The molecule has 2 unspecified atom stereocenters. The van der Waals surface area contributed by atoms with Crippen LogP contribution in [0.2, 0.25) is 0 Å². The Hall–Kier alpha value is -5.60. The first kappa shape index (κ1) is 33.3. The molecule has 0 spiro atoms. The maximum atomic E-state index is 12.2. The second-order valence-corrected chi connectivity index (χ2v) is 17.3. The summed E-state index contributed by atoms with van der Waals surface area (Å²) in [5.74, 6) is 0.297. The van der Waals surface area contributed by atoms with Gasteiger partial charge in [-0.1, -0.05) is 96.7 Å². The van der Waals surface area contributed by atoms with Gasteiger partial charge in [-0.15, -0.1) is 11.3 Å². The molecule has 3 aliphatic rings. The molecule has 8 heteroatoms. The van der Waals surface area contributed by atoms with Crippen LogP contribution in [0, 0.1) is 0 Å². The number of hydrogen-bond donors (Lipinski definition) is 5. The van der Waals surface area contributed by atoms with E-state index in [4.69, 9.17) is 9.97 Å². The van der Waals surface area contributed by atoms with Crippen LogP contribution in [0.5, 0.6) is 5.75 Å². The molecule has 0 fully saturated rings. The minimum absolute atomic E-state index is 0.148. The van der Waals surface area contributed by atoms with E-state index in [2.05, 4.69) is 100 Å². The molecule has 0 radical (unpaired) electrons. The quantitative estimate of drug-likeness (QED) is 0.115. The van der Waals surface area contributed by atoms with Crippen LogP contribution in [-0.4, -0.2) is 32.4 Å². The van der Waals surface area contributed by atoms with Gasteiger partial charge in [0.15, 0.2) is 0 Å². The average molecular weight is 718 g/mol. The number of aliphatic hydroxyl groups is 1. The molecular formula is C45H43N5O2S. The third kappa shape index (κ3) is 4.99.